The topological polar surface area (TPSA) is 136 Å². The van der Waals surface area contributed by atoms with Crippen LogP contribution >= 0.6 is 0 Å². The van der Waals surface area contributed by atoms with E-state index in [1.165, 1.54) is 6.26 Å². The van der Waals surface area contributed by atoms with Crippen LogP contribution in [0.15, 0.2) is 51.5 Å². The first kappa shape index (κ1) is 21.6. The van der Waals surface area contributed by atoms with Crippen molar-refractivity contribution in [1.82, 2.24) is 10.3 Å². The zero-order chi connectivity index (χ0) is 23.5. The van der Waals surface area contributed by atoms with Crippen molar-refractivity contribution in [3.63, 3.8) is 0 Å². The molecule has 0 radical (unpaired) electrons. The number of urea groups is 1. The molecule has 1 saturated heterocycles. The SMILES string of the molecule is N#Cc1nc(-c2ccco2)oc1N1CCC(C(=O)Nc2ccc(NC(=O)NC3CC3)cc2)CC1. The van der Waals surface area contributed by atoms with Crippen molar-refractivity contribution in [2.75, 3.05) is 28.6 Å². The van der Waals surface area contributed by atoms with Crippen molar-refractivity contribution in [2.45, 2.75) is 31.7 Å². The van der Waals surface area contributed by atoms with E-state index in [0.717, 1.165) is 12.8 Å². The second kappa shape index (κ2) is 9.31. The van der Waals surface area contributed by atoms with Gasteiger partial charge in [-0.25, -0.2) is 4.79 Å². The molecule has 5 rings (SSSR count). The number of aromatic nitrogens is 1. The van der Waals surface area contributed by atoms with Gasteiger partial charge in [0.15, 0.2) is 5.76 Å². The maximum Gasteiger partial charge on any atom is 0.319 e. The van der Waals surface area contributed by atoms with Gasteiger partial charge in [-0.15, -0.1) is 0 Å². The highest BCUT2D eigenvalue weighted by Crippen LogP contribution is 2.31. The van der Waals surface area contributed by atoms with Gasteiger partial charge in [0.05, 0.1) is 6.26 Å². The van der Waals surface area contributed by atoms with Gasteiger partial charge >= 0.3 is 6.03 Å². The number of oxazole rings is 1. The van der Waals surface area contributed by atoms with Gasteiger partial charge in [0.1, 0.15) is 6.07 Å². The van der Waals surface area contributed by atoms with Crippen molar-refractivity contribution in [2.24, 2.45) is 5.92 Å². The lowest BCUT2D eigenvalue weighted by Gasteiger charge is -2.30. The molecule has 3 amide bonds. The predicted octanol–water partition coefficient (Wildman–Crippen LogP) is 3.95. The molecule has 1 aliphatic heterocycles. The number of furan rings is 1. The fourth-order valence-electron chi connectivity index (χ4n) is 3.91. The lowest BCUT2D eigenvalue weighted by molar-refractivity contribution is -0.120. The molecule has 3 N–H and O–H groups in total. The summed E-state index contributed by atoms with van der Waals surface area (Å²) in [5.41, 5.74) is 1.54. The summed E-state index contributed by atoms with van der Waals surface area (Å²) in [4.78, 5) is 30.8. The van der Waals surface area contributed by atoms with Crippen LogP contribution in [0.1, 0.15) is 31.4 Å². The summed E-state index contributed by atoms with van der Waals surface area (Å²) in [6.45, 7) is 1.14. The molecule has 0 unspecified atom stereocenters. The van der Waals surface area contributed by atoms with Crippen molar-refractivity contribution >= 4 is 29.2 Å². The van der Waals surface area contributed by atoms with Crippen LogP contribution in [0.2, 0.25) is 0 Å². The Morgan fingerprint density at radius 3 is 2.35 bits per heavy atom. The van der Waals surface area contributed by atoms with Gasteiger partial charge < -0.3 is 29.7 Å². The Labute approximate surface area is 195 Å². The molecule has 2 fully saturated rings. The number of carbonyl (C=O) groups is 2. The average Bonchev–Trinajstić information content (AvgIpc) is 3.32. The third-order valence-corrected chi connectivity index (χ3v) is 5.92. The number of hydrogen-bond donors (Lipinski definition) is 3. The van der Waals surface area contributed by atoms with Crippen molar-refractivity contribution in [1.29, 1.82) is 5.26 Å². The molecule has 10 heteroatoms. The Balaban J connectivity index is 1.14. The fourth-order valence-corrected chi connectivity index (χ4v) is 3.91. The third kappa shape index (κ3) is 4.88. The highest BCUT2D eigenvalue weighted by atomic mass is 16.4. The summed E-state index contributed by atoms with van der Waals surface area (Å²) in [6.07, 6.45) is 4.82. The number of amides is 3. The summed E-state index contributed by atoms with van der Waals surface area (Å²) in [7, 11) is 0. The highest BCUT2D eigenvalue weighted by Gasteiger charge is 2.29. The molecule has 2 aliphatic rings. The molecule has 3 aromatic rings. The Morgan fingerprint density at radius 1 is 1.03 bits per heavy atom. The largest absolute Gasteiger partial charge is 0.459 e. The lowest BCUT2D eigenvalue weighted by Crippen LogP contribution is -2.38. The van der Waals surface area contributed by atoms with E-state index in [1.54, 1.807) is 36.4 Å². The van der Waals surface area contributed by atoms with Crippen LogP contribution < -0.4 is 20.9 Å². The molecule has 34 heavy (non-hydrogen) atoms. The molecule has 0 bridgehead atoms. The second-order valence-electron chi connectivity index (χ2n) is 8.46. The van der Waals surface area contributed by atoms with Crippen LogP contribution in [0, 0.1) is 17.2 Å². The van der Waals surface area contributed by atoms with Crippen molar-refractivity contribution < 1.29 is 18.4 Å². The van der Waals surface area contributed by atoms with Crippen LogP contribution in [-0.2, 0) is 4.79 Å². The standard InChI is InChI=1S/C24H24N6O4/c25-14-19-23(34-22(29-19)20-2-1-13-33-20)30-11-9-15(10-12-30)21(31)26-16-3-5-17(6-4-16)27-24(32)28-18-7-8-18/h1-6,13,15,18H,7-12H2,(H,26,31)(H2,27,28,32). The molecule has 1 aromatic carbocycles. The molecule has 10 nitrogen and oxygen atoms in total. The van der Waals surface area contributed by atoms with Gasteiger partial charge in [-0.05, 0) is 62.1 Å². The molecule has 3 heterocycles. The Hall–Kier alpha value is -4.26. The van der Waals surface area contributed by atoms with Gasteiger partial charge in [-0.1, -0.05) is 0 Å². The fraction of sp³-hybridized carbons (Fsp3) is 0.333. The summed E-state index contributed by atoms with van der Waals surface area (Å²) in [5.74, 6) is 0.917. The number of benzene rings is 1. The number of anilines is 3. The maximum atomic E-state index is 12.8. The molecule has 1 aliphatic carbocycles. The predicted molar refractivity (Wildman–Crippen MR) is 124 cm³/mol. The van der Waals surface area contributed by atoms with Crippen LogP contribution in [0.25, 0.3) is 11.7 Å². The Morgan fingerprint density at radius 2 is 1.74 bits per heavy atom. The van der Waals surface area contributed by atoms with E-state index in [4.69, 9.17) is 8.83 Å². The first-order valence-electron chi connectivity index (χ1n) is 11.3. The molecular formula is C24H24N6O4. The smallest absolute Gasteiger partial charge is 0.319 e. The van der Waals surface area contributed by atoms with E-state index >= 15 is 0 Å². The number of piperidine rings is 1. The van der Waals surface area contributed by atoms with E-state index in [-0.39, 0.29) is 29.4 Å². The first-order valence-corrected chi connectivity index (χ1v) is 11.3. The van der Waals surface area contributed by atoms with Gasteiger partial charge in [-0.3, -0.25) is 4.79 Å². The van der Waals surface area contributed by atoms with Gasteiger partial charge in [0, 0.05) is 36.4 Å². The van der Waals surface area contributed by atoms with Crippen molar-refractivity contribution in [3.05, 3.63) is 48.4 Å². The van der Waals surface area contributed by atoms with E-state index in [1.807, 2.05) is 4.90 Å². The Kier molecular flexibility index (Phi) is 5.91. The molecule has 1 saturated carbocycles. The number of rotatable bonds is 6. The molecule has 2 aromatic heterocycles. The number of carbonyl (C=O) groups excluding carboxylic acids is 2. The Bertz CT molecular complexity index is 1200. The zero-order valence-electron chi connectivity index (χ0n) is 18.4. The monoisotopic (exact) mass is 460 g/mol. The minimum absolute atomic E-state index is 0.0545. The van der Waals surface area contributed by atoms with E-state index in [2.05, 4.69) is 27.0 Å². The van der Waals surface area contributed by atoms with E-state index < -0.39 is 0 Å². The van der Waals surface area contributed by atoms with E-state index in [0.29, 0.717) is 55.0 Å². The number of nitriles is 1. The van der Waals surface area contributed by atoms with Gasteiger partial charge in [0.2, 0.25) is 17.5 Å². The normalized spacial score (nSPS) is 16.0. The maximum absolute atomic E-state index is 12.8. The molecule has 174 valence electrons. The van der Waals surface area contributed by atoms with Crippen LogP contribution in [0.4, 0.5) is 22.1 Å². The number of nitrogens with one attached hydrogen (secondary N) is 3. The molecule has 0 atom stereocenters. The third-order valence-electron chi connectivity index (χ3n) is 5.92. The summed E-state index contributed by atoms with van der Waals surface area (Å²) in [6, 6.07) is 12.6. The minimum Gasteiger partial charge on any atom is -0.459 e. The number of hydrogen-bond acceptors (Lipinski definition) is 7. The zero-order valence-corrected chi connectivity index (χ0v) is 18.4. The first-order chi connectivity index (χ1) is 16.6. The van der Waals surface area contributed by atoms with Crippen LogP contribution in [0.3, 0.4) is 0 Å². The van der Waals surface area contributed by atoms with Crippen LogP contribution in [-0.4, -0.2) is 36.1 Å². The summed E-state index contributed by atoms with van der Waals surface area (Å²) in [5, 5.41) is 18.1. The highest BCUT2D eigenvalue weighted by molar-refractivity contribution is 5.93. The lowest BCUT2D eigenvalue weighted by atomic mass is 9.96. The minimum atomic E-state index is -0.214. The summed E-state index contributed by atoms with van der Waals surface area (Å²) < 4.78 is 11.1. The summed E-state index contributed by atoms with van der Waals surface area (Å²) >= 11 is 0. The van der Waals surface area contributed by atoms with Crippen molar-refractivity contribution in [3.8, 4) is 17.7 Å². The molecular weight excluding hydrogens is 436 g/mol. The molecule has 0 spiro atoms. The second-order valence-corrected chi connectivity index (χ2v) is 8.46. The van der Waals surface area contributed by atoms with Gasteiger partial charge in [0.25, 0.3) is 5.89 Å². The van der Waals surface area contributed by atoms with Crippen LogP contribution in [0.5, 0.6) is 0 Å². The van der Waals surface area contributed by atoms with E-state index in [9.17, 15) is 14.9 Å². The number of nitrogens with zero attached hydrogens (tertiary/aromatic N) is 3. The average molecular weight is 460 g/mol. The van der Waals surface area contributed by atoms with Gasteiger partial charge in [-0.2, -0.15) is 10.2 Å². The quantitative estimate of drug-likeness (QED) is 0.507.